The average Bonchev–Trinajstić information content (AvgIpc) is 1.83. The van der Waals surface area contributed by atoms with Gasteiger partial charge in [0.05, 0.1) is 0 Å². The van der Waals surface area contributed by atoms with Crippen molar-refractivity contribution in [1.29, 1.82) is 0 Å². The fourth-order valence-corrected chi connectivity index (χ4v) is 4.47. The molecular formula is C7H12Cl2Si2. The fraction of sp³-hybridized carbons (Fsp3) is 0.429. The maximum Gasteiger partial charge on any atom is 0.270 e. The van der Waals surface area contributed by atoms with Crippen LogP contribution in [0.3, 0.4) is 0 Å². The van der Waals surface area contributed by atoms with Crippen molar-refractivity contribution >= 4 is 36.9 Å². The van der Waals surface area contributed by atoms with Crippen molar-refractivity contribution in [2.24, 2.45) is 0 Å². The summed E-state index contributed by atoms with van der Waals surface area (Å²) in [6.45, 7) is 3.94. The molecule has 0 fully saturated rings. The molecule has 0 spiro atoms. The predicted molar refractivity (Wildman–Crippen MR) is 58.8 cm³/mol. The molecule has 0 aliphatic heterocycles. The third kappa shape index (κ3) is 6.70. The Balaban J connectivity index is 4.28. The lowest BCUT2D eigenvalue weighted by molar-refractivity contribution is 1.89. The summed E-state index contributed by atoms with van der Waals surface area (Å²) in [4.78, 5) is 0. The molecule has 0 aromatic heterocycles. The molecule has 0 heterocycles. The van der Waals surface area contributed by atoms with E-state index in [2.05, 4.69) is 18.6 Å². The van der Waals surface area contributed by atoms with Gasteiger partial charge in [-0.2, -0.15) is 0 Å². The SMILES string of the molecule is C#C[Si](C)(C)/C=C/[Si](C)(Cl)Cl. The first-order valence-electron chi connectivity index (χ1n) is 3.33. The predicted octanol–water partition coefficient (Wildman–Crippen LogP) is 3.05. The second-order valence-corrected chi connectivity index (χ2v) is 14.8. The van der Waals surface area contributed by atoms with E-state index >= 15 is 0 Å². The van der Waals surface area contributed by atoms with Crippen LogP contribution in [0.25, 0.3) is 0 Å². The summed E-state index contributed by atoms with van der Waals surface area (Å²) in [5, 5.41) is 0. The second kappa shape index (κ2) is 3.82. The maximum absolute atomic E-state index is 5.87. The van der Waals surface area contributed by atoms with Crippen molar-refractivity contribution in [2.45, 2.75) is 19.6 Å². The van der Waals surface area contributed by atoms with Gasteiger partial charge < -0.3 is 0 Å². The van der Waals surface area contributed by atoms with Crippen LogP contribution in [0.15, 0.2) is 11.4 Å². The van der Waals surface area contributed by atoms with E-state index in [4.69, 9.17) is 28.6 Å². The van der Waals surface area contributed by atoms with Gasteiger partial charge in [-0.3, -0.25) is 0 Å². The van der Waals surface area contributed by atoms with Gasteiger partial charge in [-0.05, 0) is 6.55 Å². The molecule has 0 radical (unpaired) electrons. The Morgan fingerprint density at radius 2 is 1.64 bits per heavy atom. The van der Waals surface area contributed by atoms with Crippen LogP contribution in [-0.2, 0) is 0 Å². The van der Waals surface area contributed by atoms with Crippen LogP contribution >= 0.6 is 22.2 Å². The first kappa shape index (κ1) is 11.3. The molecule has 0 amide bonds. The van der Waals surface area contributed by atoms with Crippen molar-refractivity contribution in [3.8, 4) is 12.0 Å². The Morgan fingerprint density at radius 1 is 1.18 bits per heavy atom. The molecule has 0 nitrogen and oxygen atoms in total. The molecular weight excluding hydrogens is 211 g/mol. The molecule has 0 unspecified atom stereocenters. The summed E-state index contributed by atoms with van der Waals surface area (Å²) in [5.74, 6) is 0. The number of rotatable bonds is 2. The molecule has 0 aliphatic carbocycles. The Bertz CT molecular complexity index is 195. The van der Waals surface area contributed by atoms with E-state index in [0.29, 0.717) is 0 Å². The van der Waals surface area contributed by atoms with Crippen molar-refractivity contribution < 1.29 is 0 Å². The largest absolute Gasteiger partial charge is 0.270 e. The van der Waals surface area contributed by atoms with Gasteiger partial charge in [0.15, 0.2) is 8.07 Å². The van der Waals surface area contributed by atoms with Gasteiger partial charge in [-0.25, -0.2) is 0 Å². The van der Waals surface area contributed by atoms with Gasteiger partial charge >= 0.3 is 0 Å². The maximum atomic E-state index is 5.87. The lowest BCUT2D eigenvalue weighted by Gasteiger charge is -2.09. The van der Waals surface area contributed by atoms with Gasteiger partial charge in [0, 0.05) is 0 Å². The monoisotopic (exact) mass is 222 g/mol. The quantitative estimate of drug-likeness (QED) is 0.383. The van der Waals surface area contributed by atoms with Crippen molar-refractivity contribution in [3.63, 3.8) is 0 Å². The van der Waals surface area contributed by atoms with Gasteiger partial charge in [0.1, 0.15) is 0 Å². The molecule has 62 valence electrons. The van der Waals surface area contributed by atoms with Crippen LogP contribution in [0.4, 0.5) is 0 Å². The van der Waals surface area contributed by atoms with E-state index in [1.54, 1.807) is 0 Å². The average molecular weight is 223 g/mol. The Morgan fingerprint density at radius 3 is 1.91 bits per heavy atom. The molecule has 0 saturated heterocycles. The van der Waals surface area contributed by atoms with Crippen molar-refractivity contribution in [2.75, 3.05) is 0 Å². The summed E-state index contributed by atoms with van der Waals surface area (Å²) >= 11 is 11.7. The highest BCUT2D eigenvalue weighted by Gasteiger charge is 2.19. The number of halogens is 2. The zero-order valence-corrected chi connectivity index (χ0v) is 10.5. The lowest BCUT2D eigenvalue weighted by Crippen LogP contribution is -2.22. The van der Waals surface area contributed by atoms with Crippen LogP contribution in [0.2, 0.25) is 19.6 Å². The normalized spacial score (nSPS) is 13.5. The minimum absolute atomic E-state index is 1.57. The summed E-state index contributed by atoms with van der Waals surface area (Å²) in [7, 11) is -1.57. The molecule has 0 bridgehead atoms. The molecule has 0 aliphatic rings. The molecule has 0 aromatic rings. The number of hydrogen-bond donors (Lipinski definition) is 0. The number of terminal acetylenes is 1. The van der Waals surface area contributed by atoms with E-state index in [1.807, 2.05) is 17.9 Å². The minimum Gasteiger partial charge on any atom is -0.141 e. The van der Waals surface area contributed by atoms with Crippen LogP contribution in [-0.4, -0.2) is 14.8 Å². The van der Waals surface area contributed by atoms with Crippen molar-refractivity contribution in [3.05, 3.63) is 11.4 Å². The van der Waals surface area contributed by atoms with Gasteiger partial charge in [-0.1, -0.05) is 24.5 Å². The highest BCUT2D eigenvalue weighted by molar-refractivity contribution is 7.47. The second-order valence-electron chi connectivity index (χ2n) is 3.16. The fourth-order valence-electron chi connectivity index (χ4n) is 0.403. The molecule has 0 N–H and O–H groups in total. The van der Waals surface area contributed by atoms with Gasteiger partial charge in [0.25, 0.3) is 6.69 Å². The number of hydrogen-bond acceptors (Lipinski definition) is 0. The van der Waals surface area contributed by atoms with Crippen LogP contribution in [0.1, 0.15) is 0 Å². The molecule has 11 heavy (non-hydrogen) atoms. The molecule has 0 aromatic carbocycles. The first-order valence-corrected chi connectivity index (χ1v) is 11.0. The van der Waals surface area contributed by atoms with E-state index in [9.17, 15) is 0 Å². The third-order valence-electron chi connectivity index (χ3n) is 1.16. The van der Waals surface area contributed by atoms with E-state index in [-0.39, 0.29) is 0 Å². The topological polar surface area (TPSA) is 0 Å². The molecule has 0 atom stereocenters. The lowest BCUT2D eigenvalue weighted by atomic mass is 11.2. The Kier molecular flexibility index (Phi) is 3.92. The van der Waals surface area contributed by atoms with E-state index < -0.39 is 14.8 Å². The summed E-state index contributed by atoms with van der Waals surface area (Å²) in [6.07, 6.45) is 5.33. The highest BCUT2D eigenvalue weighted by atomic mass is 35.7. The molecule has 4 heteroatoms. The van der Waals surface area contributed by atoms with Crippen LogP contribution in [0, 0.1) is 12.0 Å². The highest BCUT2D eigenvalue weighted by Crippen LogP contribution is 2.16. The zero-order chi connectivity index (χ0) is 9.12. The van der Waals surface area contributed by atoms with E-state index in [1.165, 1.54) is 0 Å². The molecule has 0 saturated carbocycles. The summed E-state index contributed by atoms with van der Waals surface area (Å²) in [6, 6.07) is 0. The van der Waals surface area contributed by atoms with Crippen LogP contribution in [0.5, 0.6) is 0 Å². The van der Waals surface area contributed by atoms with Gasteiger partial charge in [-0.15, -0.1) is 34.1 Å². The van der Waals surface area contributed by atoms with Crippen LogP contribution < -0.4 is 0 Å². The minimum atomic E-state index is -2.08. The smallest absolute Gasteiger partial charge is 0.141 e. The first-order chi connectivity index (χ1) is 4.77. The summed E-state index contributed by atoms with van der Waals surface area (Å²) in [5.41, 5.74) is 6.69. The van der Waals surface area contributed by atoms with Gasteiger partial charge in [0.2, 0.25) is 0 Å². The zero-order valence-electron chi connectivity index (χ0n) is 6.99. The summed E-state index contributed by atoms with van der Waals surface area (Å²) < 4.78 is 0. The Labute approximate surface area is 80.0 Å². The Hall–Kier alpha value is 0.314. The van der Waals surface area contributed by atoms with Crippen molar-refractivity contribution in [1.82, 2.24) is 0 Å². The standard InChI is InChI=1S/C7H12Cl2Si2/c1-5-10(2,3)6-7-11(4,8)9/h1,6-7H,2-4H3/b7-6+. The van der Waals surface area contributed by atoms with E-state index in [0.717, 1.165) is 0 Å². The molecule has 0 rings (SSSR count). The third-order valence-corrected chi connectivity index (χ3v) is 4.75.